The third-order valence-electron chi connectivity index (χ3n) is 4.26. The molecule has 0 aliphatic carbocycles. The van der Waals surface area contributed by atoms with E-state index in [1.54, 1.807) is 12.1 Å². The van der Waals surface area contributed by atoms with Crippen LogP contribution in [0.5, 0.6) is 0 Å². The maximum atomic E-state index is 12.9. The van der Waals surface area contributed by atoms with E-state index in [9.17, 15) is 9.18 Å². The van der Waals surface area contributed by atoms with Gasteiger partial charge in [0.15, 0.2) is 0 Å². The number of benzene rings is 1. The van der Waals surface area contributed by atoms with E-state index in [2.05, 4.69) is 10.1 Å². The van der Waals surface area contributed by atoms with Gasteiger partial charge in [0.05, 0.1) is 5.69 Å². The van der Waals surface area contributed by atoms with Gasteiger partial charge in [0.2, 0.25) is 5.89 Å². The zero-order chi connectivity index (χ0) is 18.7. The molecule has 3 rings (SSSR count). The van der Waals surface area contributed by atoms with Crippen molar-refractivity contribution in [3.63, 3.8) is 0 Å². The van der Waals surface area contributed by atoms with E-state index in [0.717, 1.165) is 17.0 Å². The maximum absolute atomic E-state index is 12.9. The molecule has 26 heavy (non-hydrogen) atoms. The first kappa shape index (κ1) is 17.8. The van der Waals surface area contributed by atoms with Crippen molar-refractivity contribution in [3.8, 4) is 11.5 Å². The molecule has 0 unspecified atom stereocenters. The summed E-state index contributed by atoms with van der Waals surface area (Å²) >= 11 is 0. The number of carbonyl (C=O) groups excluding carboxylic acids is 1. The van der Waals surface area contributed by atoms with E-state index < -0.39 is 0 Å². The number of hydrogen-bond donors (Lipinski definition) is 0. The van der Waals surface area contributed by atoms with Crippen molar-refractivity contribution in [1.82, 2.24) is 14.8 Å². The van der Waals surface area contributed by atoms with Crippen LogP contribution in [0.2, 0.25) is 0 Å². The van der Waals surface area contributed by atoms with Crippen molar-refractivity contribution in [1.29, 1.82) is 0 Å². The summed E-state index contributed by atoms with van der Waals surface area (Å²) in [5, 5.41) is 4.34. The molecule has 0 N–H and O–H groups in total. The Hall–Kier alpha value is -2.96. The molecule has 2 aromatic heterocycles. The van der Waals surface area contributed by atoms with Crippen molar-refractivity contribution in [2.24, 2.45) is 7.05 Å². The van der Waals surface area contributed by atoms with Crippen LogP contribution in [0, 0.1) is 19.7 Å². The average Bonchev–Trinajstić information content (AvgIpc) is 3.18. The van der Waals surface area contributed by atoms with Crippen molar-refractivity contribution in [2.45, 2.75) is 33.3 Å². The number of oxazole rings is 1. The highest BCUT2D eigenvalue weighted by Crippen LogP contribution is 2.19. The molecule has 0 amide bonds. The fraction of sp³-hybridized carbons (Fsp3) is 0.316. The van der Waals surface area contributed by atoms with Gasteiger partial charge in [-0.3, -0.25) is 9.48 Å². The summed E-state index contributed by atoms with van der Waals surface area (Å²) < 4.78 is 25.4. The number of ether oxygens (including phenoxy) is 1. The Morgan fingerprint density at radius 1 is 1.27 bits per heavy atom. The molecule has 136 valence electrons. The molecule has 0 saturated carbocycles. The third-order valence-corrected chi connectivity index (χ3v) is 4.26. The Bertz CT molecular complexity index is 913. The van der Waals surface area contributed by atoms with Crippen molar-refractivity contribution in [2.75, 3.05) is 0 Å². The van der Waals surface area contributed by atoms with Gasteiger partial charge in [-0.1, -0.05) is 0 Å². The van der Waals surface area contributed by atoms with E-state index in [1.165, 1.54) is 18.4 Å². The van der Waals surface area contributed by atoms with Crippen molar-refractivity contribution in [3.05, 3.63) is 59.0 Å². The lowest BCUT2D eigenvalue weighted by molar-refractivity contribution is -0.145. The molecule has 7 heteroatoms. The Balaban J connectivity index is 1.52. The second-order valence-corrected chi connectivity index (χ2v) is 6.08. The normalized spacial score (nSPS) is 10.9. The fourth-order valence-electron chi connectivity index (χ4n) is 2.73. The van der Waals surface area contributed by atoms with Crippen LogP contribution in [0.25, 0.3) is 11.5 Å². The van der Waals surface area contributed by atoms with Gasteiger partial charge in [-0.2, -0.15) is 5.10 Å². The van der Waals surface area contributed by atoms with Crippen LogP contribution in [-0.2, 0) is 29.6 Å². The zero-order valence-corrected chi connectivity index (χ0v) is 15.0. The van der Waals surface area contributed by atoms with Gasteiger partial charge < -0.3 is 9.15 Å². The lowest BCUT2D eigenvalue weighted by atomic mass is 10.1. The lowest BCUT2D eigenvalue weighted by Gasteiger charge is -2.03. The number of hydrogen-bond acceptors (Lipinski definition) is 5. The number of nitrogens with zero attached hydrogens (tertiary/aromatic N) is 3. The topological polar surface area (TPSA) is 70.2 Å². The SMILES string of the molecule is Cc1nn(C)c(C)c1CCC(=O)OCc1coc(-c2ccc(F)cc2)n1. The second kappa shape index (κ2) is 7.51. The molecule has 6 nitrogen and oxygen atoms in total. The first-order valence-electron chi connectivity index (χ1n) is 8.29. The molecule has 2 heterocycles. The minimum Gasteiger partial charge on any atom is -0.459 e. The first-order valence-corrected chi connectivity index (χ1v) is 8.29. The summed E-state index contributed by atoms with van der Waals surface area (Å²) in [5.41, 5.74) is 4.22. The van der Waals surface area contributed by atoms with Gasteiger partial charge in [-0.05, 0) is 50.1 Å². The van der Waals surface area contributed by atoms with E-state index >= 15 is 0 Å². The molecule has 0 bridgehead atoms. The van der Waals surface area contributed by atoms with Crippen LogP contribution in [0.3, 0.4) is 0 Å². The van der Waals surface area contributed by atoms with Crippen LogP contribution in [-0.4, -0.2) is 20.7 Å². The molecule has 0 fully saturated rings. The van der Waals surface area contributed by atoms with Crippen LogP contribution in [0.1, 0.15) is 29.1 Å². The van der Waals surface area contributed by atoms with E-state index in [1.807, 2.05) is 25.6 Å². The summed E-state index contributed by atoms with van der Waals surface area (Å²) in [6, 6.07) is 5.83. The highest BCUT2D eigenvalue weighted by Gasteiger charge is 2.13. The van der Waals surface area contributed by atoms with Gasteiger partial charge in [-0.15, -0.1) is 0 Å². The summed E-state index contributed by atoms with van der Waals surface area (Å²) in [5.74, 6) is -0.273. The number of halogens is 1. The number of rotatable bonds is 6. The highest BCUT2D eigenvalue weighted by molar-refractivity contribution is 5.69. The molecule has 0 atom stereocenters. The van der Waals surface area contributed by atoms with E-state index in [0.29, 0.717) is 23.6 Å². The van der Waals surface area contributed by atoms with Gasteiger partial charge in [0.1, 0.15) is 24.4 Å². The maximum Gasteiger partial charge on any atom is 0.306 e. The van der Waals surface area contributed by atoms with Crippen LogP contribution < -0.4 is 0 Å². The van der Waals surface area contributed by atoms with Crippen molar-refractivity contribution < 1.29 is 18.3 Å². The molecule has 3 aromatic rings. The Labute approximate surface area is 150 Å². The van der Waals surface area contributed by atoms with Gasteiger partial charge in [-0.25, -0.2) is 9.37 Å². The molecule has 0 saturated heterocycles. The predicted octanol–water partition coefficient (Wildman–Crippen LogP) is 3.51. The Morgan fingerprint density at radius 3 is 2.65 bits per heavy atom. The molecular weight excluding hydrogens is 337 g/mol. The first-order chi connectivity index (χ1) is 12.4. The monoisotopic (exact) mass is 357 g/mol. The van der Waals surface area contributed by atoms with Crippen LogP contribution in [0.15, 0.2) is 34.9 Å². The summed E-state index contributed by atoms with van der Waals surface area (Å²) in [7, 11) is 1.88. The minimum absolute atomic E-state index is 0.0362. The highest BCUT2D eigenvalue weighted by atomic mass is 19.1. The second-order valence-electron chi connectivity index (χ2n) is 6.08. The smallest absolute Gasteiger partial charge is 0.306 e. The predicted molar refractivity (Wildman–Crippen MR) is 92.7 cm³/mol. The number of aromatic nitrogens is 3. The minimum atomic E-state index is -0.325. The zero-order valence-electron chi connectivity index (χ0n) is 15.0. The van der Waals surface area contributed by atoms with Crippen molar-refractivity contribution >= 4 is 5.97 Å². The number of esters is 1. The number of carbonyl (C=O) groups is 1. The standard InChI is InChI=1S/C19H20FN3O3/c1-12-17(13(2)23(3)22-12)8-9-18(24)25-10-16-11-26-19(21-16)14-4-6-15(20)7-5-14/h4-7,11H,8-10H2,1-3H3. The molecule has 0 aliphatic heterocycles. The van der Waals surface area contributed by atoms with Crippen LogP contribution >= 0.6 is 0 Å². The lowest BCUT2D eigenvalue weighted by Crippen LogP contribution is -2.07. The third kappa shape index (κ3) is 3.99. The van der Waals surface area contributed by atoms with Gasteiger partial charge >= 0.3 is 5.97 Å². The molecular formula is C19H20FN3O3. The van der Waals surface area contributed by atoms with Gasteiger partial charge in [0, 0.05) is 24.7 Å². The average molecular weight is 357 g/mol. The van der Waals surface area contributed by atoms with E-state index in [-0.39, 0.29) is 24.8 Å². The largest absolute Gasteiger partial charge is 0.459 e. The molecule has 0 spiro atoms. The van der Waals surface area contributed by atoms with Gasteiger partial charge in [0.25, 0.3) is 0 Å². The van der Waals surface area contributed by atoms with Crippen LogP contribution in [0.4, 0.5) is 4.39 Å². The summed E-state index contributed by atoms with van der Waals surface area (Å²) in [6.07, 6.45) is 2.29. The Morgan fingerprint density at radius 2 is 2.00 bits per heavy atom. The molecule has 0 radical (unpaired) electrons. The number of aryl methyl sites for hydroxylation is 2. The Kier molecular flexibility index (Phi) is 5.16. The van der Waals surface area contributed by atoms with E-state index in [4.69, 9.17) is 9.15 Å². The fourth-order valence-corrected chi connectivity index (χ4v) is 2.73. The molecule has 0 aliphatic rings. The quantitative estimate of drug-likeness (QED) is 0.632. The summed E-state index contributed by atoms with van der Waals surface area (Å²) in [6.45, 7) is 3.95. The molecule has 1 aromatic carbocycles. The summed E-state index contributed by atoms with van der Waals surface area (Å²) in [4.78, 5) is 16.2.